The average Bonchev–Trinajstić information content (AvgIpc) is 2.58. The van der Waals surface area contributed by atoms with E-state index in [0.29, 0.717) is 6.42 Å². The van der Waals surface area contributed by atoms with Gasteiger partial charge in [0.1, 0.15) is 0 Å². The predicted octanol–water partition coefficient (Wildman–Crippen LogP) is 2.23. The molecule has 1 N–H and O–H groups in total. The number of aromatic nitrogens is 2. The van der Waals surface area contributed by atoms with E-state index in [4.69, 9.17) is 5.26 Å². The minimum absolute atomic E-state index is 0.417. The van der Waals surface area contributed by atoms with Crippen LogP contribution in [0.3, 0.4) is 0 Å². The minimum atomic E-state index is 0.417. The van der Waals surface area contributed by atoms with E-state index in [1.54, 1.807) is 6.33 Å². The zero-order chi connectivity index (χ0) is 9.26. The number of benzene rings is 1. The first-order valence-corrected chi connectivity index (χ1v) is 4.88. The molecule has 1 heterocycles. The standard InChI is InChI=1S/C9H6IN3/c10-7-1-2-8-9(13-5-12-8)6(7)3-4-11/h1-2,5H,3H2,(H,12,13). The van der Waals surface area contributed by atoms with Crippen LogP contribution in [0.2, 0.25) is 0 Å². The molecule has 2 aromatic rings. The van der Waals surface area contributed by atoms with Crippen LogP contribution in [0.4, 0.5) is 0 Å². The smallest absolute Gasteiger partial charge is 0.0935 e. The molecule has 0 aliphatic carbocycles. The molecular weight excluding hydrogens is 277 g/mol. The Labute approximate surface area is 88.9 Å². The minimum Gasteiger partial charge on any atom is -0.345 e. The predicted molar refractivity (Wildman–Crippen MR) is 58.1 cm³/mol. The number of halogens is 1. The Morgan fingerprint density at radius 1 is 1.54 bits per heavy atom. The maximum atomic E-state index is 8.65. The van der Waals surface area contributed by atoms with Gasteiger partial charge in [0, 0.05) is 9.13 Å². The van der Waals surface area contributed by atoms with Crippen molar-refractivity contribution in [3.63, 3.8) is 0 Å². The second-order valence-electron chi connectivity index (χ2n) is 2.66. The molecule has 1 aromatic carbocycles. The van der Waals surface area contributed by atoms with Gasteiger partial charge in [0.15, 0.2) is 0 Å². The van der Waals surface area contributed by atoms with Crippen molar-refractivity contribution in [3.8, 4) is 6.07 Å². The van der Waals surface area contributed by atoms with Crippen LogP contribution in [-0.4, -0.2) is 9.97 Å². The number of nitriles is 1. The Balaban J connectivity index is 2.74. The molecule has 0 saturated carbocycles. The van der Waals surface area contributed by atoms with Gasteiger partial charge in [-0.25, -0.2) is 4.98 Å². The van der Waals surface area contributed by atoms with E-state index >= 15 is 0 Å². The molecular formula is C9H6IN3. The molecule has 0 aliphatic heterocycles. The van der Waals surface area contributed by atoms with Crippen LogP contribution in [0, 0.1) is 14.9 Å². The molecule has 0 fully saturated rings. The normalized spacial score (nSPS) is 10.2. The van der Waals surface area contributed by atoms with Crippen molar-refractivity contribution in [2.24, 2.45) is 0 Å². The largest absolute Gasteiger partial charge is 0.345 e. The summed E-state index contributed by atoms with van der Waals surface area (Å²) in [6.45, 7) is 0. The average molecular weight is 283 g/mol. The van der Waals surface area contributed by atoms with Crippen molar-refractivity contribution >= 4 is 33.6 Å². The molecule has 0 unspecified atom stereocenters. The third-order valence-corrected chi connectivity index (χ3v) is 2.91. The molecule has 0 amide bonds. The van der Waals surface area contributed by atoms with Gasteiger partial charge >= 0.3 is 0 Å². The number of hydrogen-bond acceptors (Lipinski definition) is 2. The van der Waals surface area contributed by atoms with Crippen LogP contribution in [0.25, 0.3) is 11.0 Å². The highest BCUT2D eigenvalue weighted by atomic mass is 127. The first kappa shape index (κ1) is 8.51. The van der Waals surface area contributed by atoms with E-state index in [9.17, 15) is 0 Å². The van der Waals surface area contributed by atoms with Crippen molar-refractivity contribution in [1.29, 1.82) is 5.26 Å². The van der Waals surface area contributed by atoms with Gasteiger partial charge in [0.2, 0.25) is 0 Å². The molecule has 1 aromatic heterocycles. The van der Waals surface area contributed by atoms with E-state index in [0.717, 1.165) is 20.2 Å². The number of nitrogens with one attached hydrogen (secondary N) is 1. The second kappa shape index (κ2) is 3.34. The molecule has 0 atom stereocenters. The summed E-state index contributed by atoms with van der Waals surface area (Å²) in [5.41, 5.74) is 2.92. The van der Waals surface area contributed by atoms with E-state index in [1.807, 2.05) is 12.1 Å². The van der Waals surface area contributed by atoms with Crippen LogP contribution in [0.5, 0.6) is 0 Å². The van der Waals surface area contributed by atoms with Crippen molar-refractivity contribution in [2.75, 3.05) is 0 Å². The molecule has 0 radical (unpaired) electrons. The molecule has 3 nitrogen and oxygen atoms in total. The third kappa shape index (κ3) is 1.40. The molecule has 13 heavy (non-hydrogen) atoms. The quantitative estimate of drug-likeness (QED) is 0.816. The van der Waals surface area contributed by atoms with E-state index in [2.05, 4.69) is 38.6 Å². The molecule has 64 valence electrons. The van der Waals surface area contributed by atoms with Crippen LogP contribution in [0.15, 0.2) is 18.5 Å². The fraction of sp³-hybridized carbons (Fsp3) is 0.111. The summed E-state index contributed by atoms with van der Waals surface area (Å²) in [6.07, 6.45) is 2.07. The first-order valence-electron chi connectivity index (χ1n) is 3.80. The molecule has 0 bridgehead atoms. The van der Waals surface area contributed by atoms with Gasteiger partial charge in [-0.2, -0.15) is 5.26 Å². The van der Waals surface area contributed by atoms with E-state index < -0.39 is 0 Å². The number of nitrogens with zero attached hydrogens (tertiary/aromatic N) is 2. The lowest BCUT2D eigenvalue weighted by Crippen LogP contribution is -1.88. The lowest BCUT2D eigenvalue weighted by molar-refractivity contribution is 1.25. The van der Waals surface area contributed by atoms with Crippen LogP contribution < -0.4 is 0 Å². The Morgan fingerprint density at radius 3 is 3.15 bits per heavy atom. The van der Waals surface area contributed by atoms with E-state index in [1.165, 1.54) is 0 Å². The van der Waals surface area contributed by atoms with Gasteiger partial charge < -0.3 is 4.98 Å². The topological polar surface area (TPSA) is 52.5 Å². The van der Waals surface area contributed by atoms with Gasteiger partial charge in [0.25, 0.3) is 0 Å². The summed E-state index contributed by atoms with van der Waals surface area (Å²) < 4.78 is 1.10. The van der Waals surface area contributed by atoms with Crippen molar-refractivity contribution < 1.29 is 0 Å². The molecule has 2 rings (SSSR count). The zero-order valence-electron chi connectivity index (χ0n) is 6.71. The summed E-state index contributed by atoms with van der Waals surface area (Å²) >= 11 is 2.22. The molecule has 0 aliphatic rings. The Morgan fingerprint density at radius 2 is 2.38 bits per heavy atom. The summed E-state index contributed by atoms with van der Waals surface area (Å²) in [5, 5.41) is 8.65. The highest BCUT2D eigenvalue weighted by Crippen LogP contribution is 2.21. The lowest BCUT2D eigenvalue weighted by atomic mass is 10.1. The number of H-pyrrole nitrogens is 1. The number of fused-ring (bicyclic) bond motifs is 1. The Hall–Kier alpha value is -1.09. The second-order valence-corrected chi connectivity index (χ2v) is 3.82. The fourth-order valence-corrected chi connectivity index (χ4v) is 1.92. The van der Waals surface area contributed by atoms with Crippen LogP contribution in [0.1, 0.15) is 5.56 Å². The summed E-state index contributed by atoms with van der Waals surface area (Å²) in [7, 11) is 0. The van der Waals surface area contributed by atoms with Gasteiger partial charge in [-0.1, -0.05) is 0 Å². The lowest BCUT2D eigenvalue weighted by Gasteiger charge is -1.99. The first-order chi connectivity index (χ1) is 6.33. The van der Waals surface area contributed by atoms with Gasteiger partial charge in [-0.15, -0.1) is 0 Å². The van der Waals surface area contributed by atoms with Crippen molar-refractivity contribution in [1.82, 2.24) is 9.97 Å². The molecule has 0 saturated heterocycles. The zero-order valence-corrected chi connectivity index (χ0v) is 8.87. The summed E-state index contributed by atoms with van der Waals surface area (Å²) in [6, 6.07) is 6.12. The fourth-order valence-electron chi connectivity index (χ4n) is 1.29. The number of imidazole rings is 1. The number of aromatic amines is 1. The highest BCUT2D eigenvalue weighted by Gasteiger charge is 2.06. The monoisotopic (exact) mass is 283 g/mol. The van der Waals surface area contributed by atoms with Crippen LogP contribution >= 0.6 is 22.6 Å². The maximum absolute atomic E-state index is 8.65. The SMILES string of the molecule is N#CCc1c(I)ccc2[nH]cnc12. The van der Waals surface area contributed by atoms with Crippen LogP contribution in [-0.2, 0) is 6.42 Å². The maximum Gasteiger partial charge on any atom is 0.0935 e. The summed E-state index contributed by atoms with van der Waals surface area (Å²) in [4.78, 5) is 7.21. The van der Waals surface area contributed by atoms with Crippen molar-refractivity contribution in [2.45, 2.75) is 6.42 Å². The van der Waals surface area contributed by atoms with Gasteiger partial charge in [-0.05, 0) is 34.7 Å². The Bertz CT molecular complexity index is 481. The molecule has 4 heteroatoms. The van der Waals surface area contributed by atoms with Gasteiger partial charge in [-0.3, -0.25) is 0 Å². The van der Waals surface area contributed by atoms with Gasteiger partial charge in [0.05, 0.1) is 29.9 Å². The summed E-state index contributed by atoms with van der Waals surface area (Å²) in [5.74, 6) is 0. The van der Waals surface area contributed by atoms with Crippen molar-refractivity contribution in [3.05, 3.63) is 27.6 Å². The van der Waals surface area contributed by atoms with E-state index in [-0.39, 0.29) is 0 Å². The Kier molecular flexibility index (Phi) is 2.19. The molecule has 0 spiro atoms. The third-order valence-electron chi connectivity index (χ3n) is 1.90. The number of rotatable bonds is 1. The number of hydrogen-bond donors (Lipinski definition) is 1. The highest BCUT2D eigenvalue weighted by molar-refractivity contribution is 14.1.